The normalized spacial score (nSPS) is 18.5. The van der Waals surface area contributed by atoms with Crippen molar-refractivity contribution in [3.63, 3.8) is 0 Å². The zero-order valence-corrected chi connectivity index (χ0v) is 57.6. The number of imidazole rings is 1. The maximum absolute atomic E-state index is 5.01. The third-order valence-electron chi connectivity index (χ3n) is 15.2. The van der Waals surface area contributed by atoms with Gasteiger partial charge in [0.1, 0.15) is 11.9 Å². The molecule has 6 N–H and O–H groups in total. The second kappa shape index (κ2) is 58.0. The highest BCUT2D eigenvalue weighted by Crippen LogP contribution is 2.32. The lowest BCUT2D eigenvalue weighted by molar-refractivity contribution is 0.236. The van der Waals surface area contributed by atoms with Gasteiger partial charge in [0.15, 0.2) is 12.0 Å². The topological polar surface area (TPSA) is 214 Å². The molecule has 12 heterocycles. The number of fused-ring (bicyclic) bond motifs is 3. The standard InChI is InChI=1S/C8H16N2.C8H7N.C7H6N2.C7H5NO.C6H12.C6H10.C6H6.C5H11N.C5H6.2C4H5N.C3H4N2.C3H8N2.C3H4N2.C3H3NS/c1-2-8(6-9-4-1)3-5-10-7-8;1-2-4-8-6-9-5-7(8)3-1;2*1-2-4-7-6(3-1)8-5-9-7;4*1-2-4-6-5-3-1;3*1-2-4-5-3-1;1-2-5-3-4-1;2*1-2-4-5-3-1;1-2-5-3-4-1/h9-10H,1-7H2;1-5H,6H2;1-5H,(H,8,9);1-5H;1-6H2;1-2H,3-6H2;1-6H;6H,1-5H2;1-4H,5H2;2*1,3-4H,2H2;1,3H,2H2;4-5H,1-3H2;2-3H,1H2;1-3H. The van der Waals surface area contributed by atoms with Gasteiger partial charge in [-0.1, -0.05) is 178 Å². The van der Waals surface area contributed by atoms with Gasteiger partial charge in [0, 0.05) is 107 Å². The SMILES string of the molecule is C1=CCC=C1.C1=CCCCC1.C1=CN=CC1.C1=CN=CC1.C1=NC=NC1.C1=NCc2ccccc21.C1=NN=CC1.C1CCCCC1.C1CCNCC1.C1CNCC2(C1)CCNC2.C1CNNC1.c1ccc2[nH]cnc2c1.c1ccc2ocnc2c1.c1ccccc1.c1cscn1. The summed E-state index contributed by atoms with van der Waals surface area (Å²) in [6.45, 7) is 11.4. The van der Waals surface area contributed by atoms with Crippen molar-refractivity contribution in [3.8, 4) is 0 Å². The van der Waals surface area contributed by atoms with Crippen molar-refractivity contribution in [2.75, 3.05) is 58.9 Å². The molecule has 0 bridgehead atoms. The number of hydrazine groups is 1. The molecule has 96 heavy (non-hydrogen) atoms. The number of para-hydroxylation sites is 4. The van der Waals surface area contributed by atoms with Gasteiger partial charge in [-0.15, -0.1) is 11.3 Å². The molecule has 0 amide bonds. The third-order valence-corrected chi connectivity index (χ3v) is 15.7. The molecule has 1 spiro atoms. The number of benzene rings is 4. The molecule has 1 atom stereocenters. The van der Waals surface area contributed by atoms with E-state index >= 15 is 0 Å². The molecular formula is C78H108N16OS. The Balaban J connectivity index is 0.000000187. The molecule has 7 aromatic rings. The van der Waals surface area contributed by atoms with Crippen LogP contribution in [0.4, 0.5) is 0 Å². The van der Waals surface area contributed by atoms with Crippen molar-refractivity contribution in [3.05, 3.63) is 211 Å². The molecule has 4 aromatic carbocycles. The van der Waals surface area contributed by atoms with E-state index in [1.165, 1.54) is 166 Å². The molecule has 5 fully saturated rings. The van der Waals surface area contributed by atoms with Crippen molar-refractivity contribution in [1.82, 2.24) is 46.7 Å². The molecular weight excluding hydrogens is 1210 g/mol. The molecule has 0 radical (unpaired) electrons. The number of oxazole rings is 1. The lowest BCUT2D eigenvalue weighted by Gasteiger charge is -2.32. The Morgan fingerprint density at radius 3 is 1.49 bits per heavy atom. The van der Waals surface area contributed by atoms with Crippen LogP contribution in [-0.2, 0) is 6.54 Å². The second-order valence-corrected chi connectivity index (χ2v) is 23.7. The first-order chi connectivity index (χ1) is 47.8. The average Bonchev–Trinajstić information content (AvgIpc) is 1.90. The van der Waals surface area contributed by atoms with Crippen LogP contribution in [0.5, 0.6) is 0 Å². The number of hydrogen-bond acceptors (Lipinski definition) is 17. The van der Waals surface area contributed by atoms with Gasteiger partial charge in [0.05, 0.1) is 36.0 Å². The first-order valence-corrected chi connectivity index (χ1v) is 35.7. The van der Waals surface area contributed by atoms with Gasteiger partial charge in [-0.3, -0.25) is 35.8 Å². The first-order valence-electron chi connectivity index (χ1n) is 34.8. The van der Waals surface area contributed by atoms with Crippen LogP contribution in [0.3, 0.4) is 0 Å². The molecule has 3 aromatic heterocycles. The minimum Gasteiger partial charge on any atom is -0.443 e. The minimum absolute atomic E-state index is 0.651. The maximum Gasteiger partial charge on any atom is 0.181 e. The monoisotopic (exact) mass is 1320 g/mol. The van der Waals surface area contributed by atoms with E-state index in [9.17, 15) is 0 Å². The van der Waals surface area contributed by atoms with E-state index in [1.54, 1.807) is 66.8 Å². The summed E-state index contributed by atoms with van der Waals surface area (Å²) < 4.78 is 5.01. The van der Waals surface area contributed by atoms with Crippen LogP contribution in [0.15, 0.2) is 240 Å². The third kappa shape index (κ3) is 42.2. The minimum atomic E-state index is 0.651. The molecule has 19 rings (SSSR count). The van der Waals surface area contributed by atoms with E-state index in [2.05, 4.69) is 130 Å². The quantitative estimate of drug-likeness (QED) is 0.0796. The van der Waals surface area contributed by atoms with E-state index in [-0.39, 0.29) is 0 Å². The fourth-order valence-corrected chi connectivity index (χ4v) is 10.4. The van der Waals surface area contributed by atoms with Gasteiger partial charge in [-0.05, 0) is 138 Å². The number of H-pyrrole nitrogens is 1. The summed E-state index contributed by atoms with van der Waals surface area (Å²) in [6, 6.07) is 35.9. The van der Waals surface area contributed by atoms with Gasteiger partial charge >= 0.3 is 0 Å². The number of allylic oxidation sites excluding steroid dienone is 8. The highest BCUT2D eigenvalue weighted by Gasteiger charge is 2.34. The number of aromatic nitrogens is 4. The number of piperidine rings is 2. The van der Waals surface area contributed by atoms with E-state index in [0.717, 1.165) is 74.0 Å². The Labute approximate surface area is 577 Å². The van der Waals surface area contributed by atoms with E-state index in [0.29, 0.717) is 5.41 Å². The van der Waals surface area contributed by atoms with Crippen LogP contribution in [-0.4, -0.2) is 122 Å². The molecule has 1 unspecified atom stereocenters. The Morgan fingerprint density at radius 2 is 1.09 bits per heavy atom. The number of aliphatic imine (C=N–C) groups is 5. The fourth-order valence-electron chi connectivity index (χ4n) is 10.0. The van der Waals surface area contributed by atoms with E-state index < -0.39 is 0 Å². The highest BCUT2D eigenvalue weighted by atomic mass is 32.1. The number of aromatic amines is 1. The van der Waals surface area contributed by atoms with Crippen molar-refractivity contribution in [2.45, 2.75) is 141 Å². The first kappa shape index (κ1) is 78.3. The van der Waals surface area contributed by atoms with E-state index in [4.69, 9.17) is 4.42 Å². The van der Waals surface area contributed by atoms with Gasteiger partial charge in [-0.25, -0.2) is 15.0 Å². The smallest absolute Gasteiger partial charge is 0.181 e. The van der Waals surface area contributed by atoms with Crippen LogP contribution in [0.1, 0.15) is 146 Å². The predicted molar refractivity (Wildman–Crippen MR) is 412 cm³/mol. The second-order valence-electron chi connectivity index (χ2n) is 23.0. The number of rotatable bonds is 0. The summed E-state index contributed by atoms with van der Waals surface area (Å²) in [5, 5.41) is 19.2. The summed E-state index contributed by atoms with van der Waals surface area (Å²) >= 11 is 1.60. The highest BCUT2D eigenvalue weighted by molar-refractivity contribution is 7.07. The average molecular weight is 1320 g/mol. The Kier molecular flexibility index (Phi) is 47.4. The van der Waals surface area contributed by atoms with Crippen LogP contribution in [0.2, 0.25) is 0 Å². The van der Waals surface area contributed by atoms with Crippen molar-refractivity contribution >= 4 is 77.1 Å². The predicted octanol–water partition coefficient (Wildman–Crippen LogP) is 16.9. The van der Waals surface area contributed by atoms with Crippen LogP contribution in [0.25, 0.3) is 22.1 Å². The summed E-state index contributed by atoms with van der Waals surface area (Å²) in [5.74, 6) is 0. The summed E-state index contributed by atoms with van der Waals surface area (Å²) in [5.41, 5.74) is 14.9. The number of thiazole rings is 1. The molecule has 3 aliphatic carbocycles. The number of nitrogens with zero attached hydrogens (tertiary/aromatic N) is 10. The number of nitrogens with one attached hydrogen (secondary N) is 6. The van der Waals surface area contributed by atoms with Gasteiger partial charge in [0.2, 0.25) is 0 Å². The number of hydrogen-bond donors (Lipinski definition) is 6. The zero-order chi connectivity index (χ0) is 66.9. The lowest BCUT2D eigenvalue weighted by Crippen LogP contribution is -2.41. The molecule has 1 saturated carbocycles. The summed E-state index contributed by atoms with van der Waals surface area (Å²) in [4.78, 5) is 33.8. The fraction of sp³-hybridized carbons (Fsp3) is 0.410. The zero-order valence-electron chi connectivity index (χ0n) is 56.8. The lowest BCUT2D eigenvalue weighted by atomic mass is 9.80. The summed E-state index contributed by atoms with van der Waals surface area (Å²) in [6.07, 6.45) is 66.2. The van der Waals surface area contributed by atoms with Crippen molar-refractivity contribution in [2.24, 2.45) is 40.6 Å². The molecule has 4 saturated heterocycles. The Bertz CT molecular complexity index is 2880. The Hall–Kier alpha value is -8.36. The Morgan fingerprint density at radius 1 is 0.469 bits per heavy atom. The molecule has 9 aliphatic heterocycles. The molecule has 12 aliphatic rings. The van der Waals surface area contributed by atoms with Crippen molar-refractivity contribution < 1.29 is 4.42 Å². The molecule has 512 valence electrons. The summed E-state index contributed by atoms with van der Waals surface area (Å²) in [7, 11) is 0. The van der Waals surface area contributed by atoms with E-state index in [1.807, 2.05) is 133 Å². The molecule has 17 nitrogen and oxygen atoms in total. The maximum atomic E-state index is 5.01. The van der Waals surface area contributed by atoms with Gasteiger partial charge in [0.25, 0.3) is 0 Å². The van der Waals surface area contributed by atoms with Gasteiger partial charge < -0.3 is 25.4 Å². The van der Waals surface area contributed by atoms with Crippen LogP contribution < -0.4 is 26.8 Å². The molecule has 18 heteroatoms. The van der Waals surface area contributed by atoms with Crippen LogP contribution >= 0.6 is 11.3 Å². The largest absolute Gasteiger partial charge is 0.443 e. The van der Waals surface area contributed by atoms with Crippen molar-refractivity contribution in [1.29, 1.82) is 0 Å². The van der Waals surface area contributed by atoms with Crippen LogP contribution in [0, 0.1) is 5.41 Å². The van der Waals surface area contributed by atoms with Gasteiger partial charge in [-0.2, -0.15) is 10.2 Å².